The van der Waals surface area contributed by atoms with E-state index >= 15 is 0 Å². The van der Waals surface area contributed by atoms with Gasteiger partial charge in [0.2, 0.25) is 0 Å². The highest BCUT2D eigenvalue weighted by Crippen LogP contribution is 2.19. The Labute approximate surface area is 102 Å². The van der Waals surface area contributed by atoms with Crippen LogP contribution in [0, 0.1) is 14.6 Å². The number of rotatable bonds is 2. The van der Waals surface area contributed by atoms with Crippen molar-refractivity contribution in [1.82, 2.24) is 10.2 Å². The molecule has 1 aromatic carbocycles. The molecule has 0 aliphatic carbocycles. The van der Waals surface area contributed by atoms with E-state index in [1.165, 1.54) is 29.5 Å². The second-order valence-electron chi connectivity index (χ2n) is 2.83. The lowest BCUT2D eigenvalue weighted by atomic mass is 10.1. The maximum atomic E-state index is 13.3. The lowest BCUT2D eigenvalue weighted by Gasteiger charge is -2.00. The number of hydrogen-bond acceptors (Lipinski definition) is 3. The fourth-order valence-corrected chi connectivity index (χ4v) is 2.60. The van der Waals surface area contributed by atoms with Gasteiger partial charge < -0.3 is 0 Å². The molecule has 2 aromatic rings. The second kappa shape index (κ2) is 4.48. The summed E-state index contributed by atoms with van der Waals surface area (Å²) in [5, 5.41) is 8.22. The van der Waals surface area contributed by atoms with Crippen molar-refractivity contribution in [3.05, 3.63) is 43.4 Å². The minimum atomic E-state index is -0.541. The van der Waals surface area contributed by atoms with E-state index in [2.05, 4.69) is 10.2 Å². The van der Waals surface area contributed by atoms with Gasteiger partial charge in [-0.05, 0) is 34.7 Å². The van der Waals surface area contributed by atoms with E-state index < -0.39 is 11.6 Å². The highest BCUT2D eigenvalue weighted by molar-refractivity contribution is 14.1. The first-order chi connectivity index (χ1) is 7.16. The first-order valence-corrected chi connectivity index (χ1v) is 5.97. The van der Waals surface area contributed by atoms with Gasteiger partial charge in [-0.3, -0.25) is 0 Å². The fourth-order valence-electron chi connectivity index (χ4n) is 1.16. The lowest BCUT2D eigenvalue weighted by Crippen LogP contribution is -1.96. The summed E-state index contributed by atoms with van der Waals surface area (Å²) in [7, 11) is 0. The van der Waals surface area contributed by atoms with Crippen LogP contribution in [0.2, 0.25) is 0 Å². The van der Waals surface area contributed by atoms with E-state index in [9.17, 15) is 8.78 Å². The summed E-state index contributed by atoms with van der Waals surface area (Å²) in [6.45, 7) is 0. The predicted molar refractivity (Wildman–Crippen MR) is 61.8 cm³/mol. The summed E-state index contributed by atoms with van der Waals surface area (Å²) < 4.78 is 27.3. The number of hydrogen-bond donors (Lipinski definition) is 0. The topological polar surface area (TPSA) is 25.8 Å². The summed E-state index contributed by atoms with van der Waals surface area (Å²) in [6.07, 6.45) is 0.152. The molecular formula is C9H5F2IN2S. The molecule has 78 valence electrons. The molecule has 0 saturated carbocycles. The third-order valence-corrected chi connectivity index (χ3v) is 3.42. The predicted octanol–water partition coefficient (Wildman–Crippen LogP) is 3.01. The minimum absolute atomic E-state index is 0.0463. The van der Waals surface area contributed by atoms with Gasteiger partial charge in [0.1, 0.15) is 16.6 Å². The van der Waals surface area contributed by atoms with Crippen molar-refractivity contribution in [1.29, 1.82) is 0 Å². The van der Waals surface area contributed by atoms with E-state index in [0.29, 0.717) is 5.01 Å². The molecule has 0 fully saturated rings. The molecule has 0 aliphatic rings. The van der Waals surface area contributed by atoms with Crippen LogP contribution in [0.4, 0.5) is 8.78 Å². The van der Waals surface area contributed by atoms with Gasteiger partial charge in [0.15, 0.2) is 3.01 Å². The van der Waals surface area contributed by atoms with Gasteiger partial charge in [-0.25, -0.2) is 8.78 Å². The molecule has 1 heterocycles. The monoisotopic (exact) mass is 338 g/mol. The average Bonchev–Trinajstić information content (AvgIpc) is 2.58. The van der Waals surface area contributed by atoms with Crippen LogP contribution in [-0.2, 0) is 6.42 Å². The Bertz CT molecular complexity index is 466. The van der Waals surface area contributed by atoms with E-state index in [0.717, 1.165) is 3.01 Å². The van der Waals surface area contributed by atoms with Crippen molar-refractivity contribution < 1.29 is 8.78 Å². The summed E-state index contributed by atoms with van der Waals surface area (Å²) in [5.41, 5.74) is 0.0463. The summed E-state index contributed by atoms with van der Waals surface area (Å²) >= 11 is 3.35. The Hall–Kier alpha value is -0.630. The normalized spacial score (nSPS) is 10.6. The van der Waals surface area contributed by atoms with Crippen molar-refractivity contribution in [2.45, 2.75) is 6.42 Å². The molecule has 0 aliphatic heterocycles. The number of benzene rings is 1. The molecule has 0 unspecified atom stereocenters. The maximum Gasteiger partial charge on any atom is 0.178 e. The first kappa shape index (κ1) is 10.9. The van der Waals surface area contributed by atoms with Crippen LogP contribution in [0.1, 0.15) is 10.6 Å². The van der Waals surface area contributed by atoms with Crippen LogP contribution in [0.3, 0.4) is 0 Å². The third-order valence-electron chi connectivity index (χ3n) is 1.83. The Morgan fingerprint density at radius 1 is 1.20 bits per heavy atom. The van der Waals surface area contributed by atoms with Crippen LogP contribution in [0.15, 0.2) is 18.2 Å². The Morgan fingerprint density at radius 3 is 2.40 bits per heavy atom. The molecule has 0 radical (unpaired) electrons. The van der Waals surface area contributed by atoms with Crippen LogP contribution < -0.4 is 0 Å². The summed E-state index contributed by atoms with van der Waals surface area (Å²) in [5.74, 6) is -1.08. The lowest BCUT2D eigenvalue weighted by molar-refractivity contribution is 0.561. The third kappa shape index (κ3) is 2.49. The fraction of sp³-hybridized carbons (Fsp3) is 0.111. The van der Waals surface area contributed by atoms with E-state index in [1.54, 1.807) is 0 Å². The van der Waals surface area contributed by atoms with E-state index in [1.807, 2.05) is 22.6 Å². The minimum Gasteiger partial charge on any atom is -0.207 e. The van der Waals surface area contributed by atoms with Gasteiger partial charge in [-0.2, -0.15) is 0 Å². The van der Waals surface area contributed by atoms with Crippen LogP contribution >= 0.6 is 33.9 Å². The molecule has 0 spiro atoms. The van der Waals surface area contributed by atoms with Gasteiger partial charge in [-0.15, -0.1) is 10.2 Å². The van der Waals surface area contributed by atoms with Gasteiger partial charge in [0, 0.05) is 12.0 Å². The SMILES string of the molecule is Fc1cccc(F)c1Cc1nnc(I)s1. The molecule has 0 amide bonds. The van der Waals surface area contributed by atoms with Crippen LogP contribution in [-0.4, -0.2) is 10.2 Å². The Morgan fingerprint density at radius 2 is 1.87 bits per heavy atom. The Balaban J connectivity index is 2.31. The number of halogens is 3. The molecule has 0 bridgehead atoms. The zero-order chi connectivity index (χ0) is 10.8. The zero-order valence-corrected chi connectivity index (χ0v) is 10.3. The smallest absolute Gasteiger partial charge is 0.178 e. The molecule has 0 saturated heterocycles. The van der Waals surface area contributed by atoms with Crippen LogP contribution in [0.25, 0.3) is 0 Å². The molecule has 6 heteroatoms. The largest absolute Gasteiger partial charge is 0.207 e. The van der Waals surface area contributed by atoms with Gasteiger partial charge >= 0.3 is 0 Å². The van der Waals surface area contributed by atoms with Crippen molar-refractivity contribution in [3.63, 3.8) is 0 Å². The highest BCUT2D eigenvalue weighted by Gasteiger charge is 2.11. The number of aromatic nitrogens is 2. The molecule has 0 N–H and O–H groups in total. The van der Waals surface area contributed by atoms with Gasteiger partial charge in [0.05, 0.1) is 0 Å². The van der Waals surface area contributed by atoms with Crippen molar-refractivity contribution >= 4 is 33.9 Å². The Kier molecular flexibility index (Phi) is 3.25. The standard InChI is InChI=1S/C9H5F2IN2S/c10-6-2-1-3-7(11)5(6)4-8-13-14-9(12)15-8/h1-3H,4H2. The van der Waals surface area contributed by atoms with Crippen molar-refractivity contribution in [3.8, 4) is 0 Å². The quantitative estimate of drug-likeness (QED) is 0.787. The highest BCUT2D eigenvalue weighted by atomic mass is 127. The zero-order valence-electron chi connectivity index (χ0n) is 7.38. The average molecular weight is 338 g/mol. The van der Waals surface area contributed by atoms with Gasteiger partial charge in [-0.1, -0.05) is 17.4 Å². The molecule has 0 atom stereocenters. The first-order valence-electron chi connectivity index (χ1n) is 4.07. The van der Waals surface area contributed by atoms with E-state index in [-0.39, 0.29) is 12.0 Å². The van der Waals surface area contributed by atoms with Crippen molar-refractivity contribution in [2.75, 3.05) is 0 Å². The van der Waals surface area contributed by atoms with Crippen molar-refractivity contribution in [2.24, 2.45) is 0 Å². The molecule has 2 nitrogen and oxygen atoms in total. The number of nitrogens with zero attached hydrogens (tertiary/aromatic N) is 2. The van der Waals surface area contributed by atoms with Gasteiger partial charge in [0.25, 0.3) is 0 Å². The molecule has 15 heavy (non-hydrogen) atoms. The maximum absolute atomic E-state index is 13.3. The van der Waals surface area contributed by atoms with Crippen LogP contribution in [0.5, 0.6) is 0 Å². The van der Waals surface area contributed by atoms with E-state index in [4.69, 9.17) is 0 Å². The summed E-state index contributed by atoms with van der Waals surface area (Å²) in [6, 6.07) is 3.83. The molecule has 1 aromatic heterocycles. The molecule has 2 rings (SSSR count). The second-order valence-corrected chi connectivity index (χ2v) is 5.64. The summed E-state index contributed by atoms with van der Waals surface area (Å²) in [4.78, 5) is 0. The molecular weight excluding hydrogens is 333 g/mol.